The lowest BCUT2D eigenvalue weighted by Crippen LogP contribution is -2.39. The summed E-state index contributed by atoms with van der Waals surface area (Å²) in [5.41, 5.74) is 0.309. The minimum Gasteiger partial charge on any atom is -0.389 e. The molecule has 2 saturated heterocycles. The van der Waals surface area contributed by atoms with E-state index in [1.165, 1.54) is 18.9 Å². The molecule has 0 saturated carbocycles. The van der Waals surface area contributed by atoms with Crippen molar-refractivity contribution in [1.82, 2.24) is 0 Å². The van der Waals surface area contributed by atoms with E-state index < -0.39 is 5.60 Å². The molecular weight excluding hydrogens is 235 g/mol. The molecule has 2 atom stereocenters. The zero-order chi connectivity index (χ0) is 11.9. The van der Waals surface area contributed by atoms with Crippen LogP contribution in [-0.4, -0.2) is 21.2 Å². The molecule has 2 heterocycles. The third kappa shape index (κ3) is 2.50. The van der Waals surface area contributed by atoms with Crippen LogP contribution in [0.5, 0.6) is 0 Å². The Bertz CT molecular complexity index is 408. The highest BCUT2D eigenvalue weighted by atomic mass is 32.2. The van der Waals surface area contributed by atoms with Gasteiger partial charge >= 0.3 is 0 Å². The third-order valence-corrected chi connectivity index (χ3v) is 5.41. The second-order valence-corrected chi connectivity index (χ2v) is 7.00. The van der Waals surface area contributed by atoms with E-state index in [0.717, 1.165) is 18.4 Å². The number of hydrogen-bond donors (Lipinski definition) is 1. The van der Waals surface area contributed by atoms with Crippen molar-refractivity contribution in [2.24, 2.45) is 0 Å². The molecule has 92 valence electrons. The predicted molar refractivity (Wildman–Crippen MR) is 68.7 cm³/mol. The molecule has 2 fully saturated rings. The van der Waals surface area contributed by atoms with Gasteiger partial charge in [-0.2, -0.15) is 11.8 Å². The minimum absolute atomic E-state index is 0.209. The number of fused-ring (bicyclic) bond motifs is 2. The molecule has 1 nitrogen and oxygen atoms in total. The van der Waals surface area contributed by atoms with Crippen LogP contribution < -0.4 is 0 Å². The van der Waals surface area contributed by atoms with Crippen molar-refractivity contribution in [1.29, 1.82) is 0 Å². The molecule has 1 N–H and O–H groups in total. The van der Waals surface area contributed by atoms with Gasteiger partial charge in [0, 0.05) is 16.9 Å². The SMILES string of the molecule is OC1(Cc2cccc(F)c2)CC2CCC(C1)S2. The zero-order valence-electron chi connectivity index (χ0n) is 9.73. The minimum atomic E-state index is -0.606. The Morgan fingerprint density at radius 1 is 1.29 bits per heavy atom. The average Bonchev–Trinajstić information content (AvgIpc) is 2.58. The van der Waals surface area contributed by atoms with E-state index in [-0.39, 0.29) is 5.82 Å². The molecule has 17 heavy (non-hydrogen) atoms. The fourth-order valence-electron chi connectivity index (χ4n) is 3.18. The van der Waals surface area contributed by atoms with Crippen molar-refractivity contribution >= 4 is 11.8 Å². The molecule has 0 aliphatic carbocycles. The van der Waals surface area contributed by atoms with E-state index in [2.05, 4.69) is 0 Å². The van der Waals surface area contributed by atoms with Crippen molar-refractivity contribution < 1.29 is 9.50 Å². The smallest absolute Gasteiger partial charge is 0.123 e. The van der Waals surface area contributed by atoms with Crippen LogP contribution >= 0.6 is 11.8 Å². The van der Waals surface area contributed by atoms with Gasteiger partial charge in [-0.05, 0) is 43.4 Å². The molecule has 0 amide bonds. The zero-order valence-corrected chi connectivity index (χ0v) is 10.5. The number of thioether (sulfide) groups is 1. The lowest BCUT2D eigenvalue weighted by Gasteiger charge is -2.36. The van der Waals surface area contributed by atoms with Crippen LogP contribution in [0.1, 0.15) is 31.2 Å². The molecule has 0 radical (unpaired) electrons. The molecule has 0 spiro atoms. The van der Waals surface area contributed by atoms with E-state index in [9.17, 15) is 9.50 Å². The number of aliphatic hydroxyl groups is 1. The van der Waals surface area contributed by atoms with Crippen LogP contribution in [0.2, 0.25) is 0 Å². The van der Waals surface area contributed by atoms with Crippen LogP contribution in [0.15, 0.2) is 24.3 Å². The van der Waals surface area contributed by atoms with Crippen LogP contribution in [0.25, 0.3) is 0 Å². The van der Waals surface area contributed by atoms with Gasteiger partial charge in [-0.15, -0.1) is 0 Å². The fraction of sp³-hybridized carbons (Fsp3) is 0.571. The first kappa shape index (κ1) is 11.5. The second-order valence-electron chi connectivity index (χ2n) is 5.40. The van der Waals surface area contributed by atoms with Gasteiger partial charge in [0.05, 0.1) is 5.60 Å². The first-order chi connectivity index (χ1) is 8.13. The molecule has 1 aromatic rings. The summed E-state index contributed by atoms with van der Waals surface area (Å²) in [6.07, 6.45) is 4.80. The highest BCUT2D eigenvalue weighted by Crippen LogP contribution is 2.48. The maximum Gasteiger partial charge on any atom is 0.123 e. The monoisotopic (exact) mass is 252 g/mol. The van der Waals surface area contributed by atoms with Crippen LogP contribution in [0.3, 0.4) is 0 Å². The summed E-state index contributed by atoms with van der Waals surface area (Å²) in [5, 5.41) is 11.9. The van der Waals surface area contributed by atoms with Crippen molar-refractivity contribution in [3.63, 3.8) is 0 Å². The first-order valence-electron chi connectivity index (χ1n) is 6.25. The largest absolute Gasteiger partial charge is 0.389 e. The highest BCUT2D eigenvalue weighted by molar-refractivity contribution is 8.00. The van der Waals surface area contributed by atoms with Crippen molar-refractivity contribution in [2.75, 3.05) is 0 Å². The van der Waals surface area contributed by atoms with Gasteiger partial charge in [-0.25, -0.2) is 4.39 Å². The Morgan fingerprint density at radius 2 is 2.00 bits per heavy atom. The number of hydrogen-bond acceptors (Lipinski definition) is 2. The van der Waals surface area contributed by atoms with E-state index in [0.29, 0.717) is 16.9 Å². The van der Waals surface area contributed by atoms with Crippen LogP contribution in [0, 0.1) is 5.82 Å². The number of halogens is 1. The Kier molecular flexibility index (Phi) is 2.91. The van der Waals surface area contributed by atoms with Crippen LogP contribution in [-0.2, 0) is 6.42 Å². The van der Waals surface area contributed by atoms with Gasteiger partial charge in [0.15, 0.2) is 0 Å². The standard InChI is InChI=1S/C14H17FOS/c15-11-3-1-2-10(6-11)7-14(16)8-12-4-5-13(9-14)17-12/h1-3,6,12-13,16H,4-5,7-9H2. The second kappa shape index (κ2) is 4.29. The maximum atomic E-state index is 13.1. The van der Waals surface area contributed by atoms with E-state index in [1.807, 2.05) is 17.8 Å². The summed E-state index contributed by atoms with van der Waals surface area (Å²) < 4.78 is 13.1. The molecule has 2 bridgehead atoms. The van der Waals surface area contributed by atoms with Gasteiger partial charge in [0.1, 0.15) is 5.82 Å². The fourth-order valence-corrected chi connectivity index (χ4v) is 5.08. The van der Waals surface area contributed by atoms with Crippen LogP contribution in [0.4, 0.5) is 4.39 Å². The van der Waals surface area contributed by atoms with Crippen molar-refractivity contribution in [3.8, 4) is 0 Å². The topological polar surface area (TPSA) is 20.2 Å². The lowest BCUT2D eigenvalue weighted by atomic mass is 9.87. The maximum absolute atomic E-state index is 13.1. The Labute approximate surface area is 105 Å². The molecule has 1 aromatic carbocycles. The highest BCUT2D eigenvalue weighted by Gasteiger charge is 2.43. The molecule has 3 rings (SSSR count). The molecule has 2 unspecified atom stereocenters. The quantitative estimate of drug-likeness (QED) is 0.872. The van der Waals surface area contributed by atoms with E-state index >= 15 is 0 Å². The van der Waals surface area contributed by atoms with E-state index in [1.54, 1.807) is 12.1 Å². The summed E-state index contributed by atoms with van der Waals surface area (Å²) in [5.74, 6) is -0.209. The molecule has 0 aromatic heterocycles. The van der Waals surface area contributed by atoms with Gasteiger partial charge in [0.25, 0.3) is 0 Å². The number of benzene rings is 1. The van der Waals surface area contributed by atoms with Gasteiger partial charge in [-0.1, -0.05) is 12.1 Å². The average molecular weight is 252 g/mol. The summed E-state index contributed by atoms with van der Waals surface area (Å²) in [6.45, 7) is 0. The summed E-state index contributed by atoms with van der Waals surface area (Å²) >= 11 is 2.03. The van der Waals surface area contributed by atoms with Gasteiger partial charge in [-0.3, -0.25) is 0 Å². The molecular formula is C14H17FOS. The molecule has 3 heteroatoms. The van der Waals surface area contributed by atoms with Crippen molar-refractivity contribution in [3.05, 3.63) is 35.6 Å². The normalized spacial score (nSPS) is 36.1. The number of rotatable bonds is 2. The summed E-state index contributed by atoms with van der Waals surface area (Å²) in [7, 11) is 0. The van der Waals surface area contributed by atoms with Gasteiger partial charge < -0.3 is 5.11 Å². The Balaban J connectivity index is 1.76. The predicted octanol–water partition coefficient (Wildman–Crippen LogP) is 3.16. The summed E-state index contributed by atoms with van der Waals surface area (Å²) in [4.78, 5) is 0. The molecule has 2 aliphatic heterocycles. The van der Waals surface area contributed by atoms with Crippen molar-refractivity contribution in [2.45, 2.75) is 48.2 Å². The van der Waals surface area contributed by atoms with E-state index in [4.69, 9.17) is 0 Å². The Morgan fingerprint density at radius 3 is 2.65 bits per heavy atom. The molecule has 2 aliphatic rings. The third-order valence-electron chi connectivity index (χ3n) is 3.83. The Hall–Kier alpha value is -0.540. The first-order valence-corrected chi connectivity index (χ1v) is 7.20. The van der Waals surface area contributed by atoms with Gasteiger partial charge in [0.2, 0.25) is 0 Å². The summed E-state index contributed by atoms with van der Waals surface area (Å²) in [6, 6.07) is 6.63. The lowest BCUT2D eigenvalue weighted by molar-refractivity contribution is 0.0241.